The predicted molar refractivity (Wildman–Crippen MR) is 253 cm³/mol. The standard InChI is InChI=1S/C50H63N9O7/c1-30-26-34(33-10-14-36(15-11-33)50(3,4)5)12-16-37(30)46(61)57-40(8-7-19-51)49(64)59(6)44-35-13-18-43(66-25-22-54)39(29-35)38-27-32(9-17-42(38)65-24-21-53)28-41(47(62)55-23-20-52)58-45(60)31(2)56-48(44)63/h9-18,26-27,29,31,40-41,44H,7-8,19,21-25,28,51,53-54H2,1-6H3,(H,55,62)(H,56,63)(H,57,61)(H,58,60)/t31-,40-,41-,44-/m0/s1. The van der Waals surface area contributed by atoms with Crippen molar-refractivity contribution in [3.05, 3.63) is 107 Å². The lowest BCUT2D eigenvalue weighted by Crippen LogP contribution is -2.56. The highest BCUT2D eigenvalue weighted by Gasteiger charge is 2.36. The van der Waals surface area contributed by atoms with Gasteiger partial charge in [-0.1, -0.05) is 69.3 Å². The number of hydrogen-bond acceptors (Lipinski definition) is 11. The van der Waals surface area contributed by atoms with Gasteiger partial charge in [0, 0.05) is 43.2 Å². The zero-order valence-corrected chi connectivity index (χ0v) is 38.7. The number of hydrogen-bond donors (Lipinski definition) is 7. The Balaban J connectivity index is 1.57. The highest BCUT2D eigenvalue weighted by Crippen LogP contribution is 2.40. The molecule has 0 saturated carbocycles. The number of amides is 5. The smallest absolute Gasteiger partial charge is 0.252 e. The van der Waals surface area contributed by atoms with Gasteiger partial charge in [0.2, 0.25) is 23.6 Å². The summed E-state index contributed by atoms with van der Waals surface area (Å²) in [5.41, 5.74) is 23.8. The lowest BCUT2D eigenvalue weighted by Gasteiger charge is -2.33. The van der Waals surface area contributed by atoms with E-state index in [9.17, 15) is 29.2 Å². The highest BCUT2D eigenvalue weighted by molar-refractivity contribution is 6.00. The fraction of sp³-hybridized carbons (Fsp3) is 0.400. The first kappa shape index (κ1) is 50.2. The molecule has 4 aromatic carbocycles. The maximum atomic E-state index is 14.8. The lowest BCUT2D eigenvalue weighted by atomic mass is 9.86. The van der Waals surface area contributed by atoms with Crippen molar-refractivity contribution in [3.8, 4) is 39.8 Å². The van der Waals surface area contributed by atoms with Crippen LogP contribution in [0.3, 0.4) is 0 Å². The van der Waals surface area contributed by atoms with Gasteiger partial charge in [0.05, 0.1) is 6.07 Å². The number of likely N-dealkylation sites (N-methyl/N-ethyl adjacent to an activating group) is 1. The van der Waals surface area contributed by atoms with Gasteiger partial charge < -0.3 is 52.8 Å². The molecule has 0 fully saturated rings. The molecule has 0 aliphatic carbocycles. The van der Waals surface area contributed by atoms with Crippen molar-refractivity contribution in [2.45, 2.75) is 83.5 Å². The van der Waals surface area contributed by atoms with E-state index in [0.717, 1.165) is 11.1 Å². The Bertz CT molecular complexity index is 2430. The summed E-state index contributed by atoms with van der Waals surface area (Å²) >= 11 is 0. The normalized spacial score (nSPS) is 16.6. The molecule has 0 spiro atoms. The first-order valence-electron chi connectivity index (χ1n) is 22.2. The summed E-state index contributed by atoms with van der Waals surface area (Å²) in [7, 11) is 1.46. The molecule has 5 rings (SSSR count). The van der Waals surface area contributed by atoms with Crippen molar-refractivity contribution in [2.24, 2.45) is 17.2 Å². The van der Waals surface area contributed by atoms with Crippen LogP contribution < -0.4 is 47.9 Å². The Hall–Kier alpha value is -6.80. The molecule has 0 aromatic heterocycles. The first-order chi connectivity index (χ1) is 31.5. The lowest BCUT2D eigenvalue weighted by molar-refractivity contribution is -0.141. The van der Waals surface area contributed by atoms with E-state index < -0.39 is 53.7 Å². The molecule has 4 bridgehead atoms. The van der Waals surface area contributed by atoms with Crippen molar-refractivity contribution in [1.29, 1.82) is 5.26 Å². The number of fused-ring (bicyclic) bond motifs is 5. The number of carbonyl (C=O) groups excluding carboxylic acids is 5. The highest BCUT2D eigenvalue weighted by atomic mass is 16.5. The molecule has 4 aromatic rings. The molecule has 16 heteroatoms. The number of rotatable bonds is 16. The fourth-order valence-corrected chi connectivity index (χ4v) is 7.78. The van der Waals surface area contributed by atoms with Gasteiger partial charge in [-0.05, 0) is 102 Å². The van der Waals surface area contributed by atoms with Crippen molar-refractivity contribution in [1.82, 2.24) is 26.2 Å². The Morgan fingerprint density at radius 2 is 1.48 bits per heavy atom. The summed E-state index contributed by atoms with van der Waals surface area (Å²) in [5, 5.41) is 20.1. The molecular formula is C50H63N9O7. The molecule has 0 radical (unpaired) electrons. The van der Waals surface area contributed by atoms with E-state index in [0.29, 0.717) is 51.3 Å². The number of ether oxygens (including phenoxy) is 2. The quantitative estimate of drug-likeness (QED) is 0.0801. The zero-order chi connectivity index (χ0) is 48.1. The average molecular weight is 902 g/mol. The van der Waals surface area contributed by atoms with Crippen LogP contribution in [0, 0.1) is 18.3 Å². The van der Waals surface area contributed by atoms with Crippen molar-refractivity contribution >= 4 is 29.5 Å². The maximum Gasteiger partial charge on any atom is 0.252 e. The van der Waals surface area contributed by atoms with E-state index in [2.05, 4.69) is 66.3 Å². The summed E-state index contributed by atoms with van der Waals surface area (Å²) in [6.07, 6.45) is 0.553. The molecular weight excluding hydrogens is 839 g/mol. The van der Waals surface area contributed by atoms with Gasteiger partial charge in [-0.3, -0.25) is 24.0 Å². The van der Waals surface area contributed by atoms with Crippen LogP contribution in [0.25, 0.3) is 22.3 Å². The minimum Gasteiger partial charge on any atom is -0.492 e. The van der Waals surface area contributed by atoms with Crippen LogP contribution in [0.15, 0.2) is 78.9 Å². The second-order valence-electron chi connectivity index (χ2n) is 17.4. The molecule has 5 amide bonds. The molecule has 1 heterocycles. The minimum atomic E-state index is -1.37. The Labute approximate surface area is 386 Å². The summed E-state index contributed by atoms with van der Waals surface area (Å²) in [6.45, 7) is 10.4. The van der Waals surface area contributed by atoms with E-state index in [1.807, 2.05) is 25.1 Å². The van der Waals surface area contributed by atoms with Gasteiger partial charge in [0.1, 0.15) is 55.4 Å². The third kappa shape index (κ3) is 12.5. The van der Waals surface area contributed by atoms with Gasteiger partial charge in [0.25, 0.3) is 5.91 Å². The van der Waals surface area contributed by atoms with Gasteiger partial charge in [-0.15, -0.1) is 0 Å². The van der Waals surface area contributed by atoms with E-state index in [1.54, 1.807) is 42.5 Å². The van der Waals surface area contributed by atoms with Gasteiger partial charge in [-0.25, -0.2) is 0 Å². The van der Waals surface area contributed by atoms with Crippen LogP contribution >= 0.6 is 0 Å². The van der Waals surface area contributed by atoms with E-state index >= 15 is 0 Å². The Morgan fingerprint density at radius 3 is 2.09 bits per heavy atom. The van der Waals surface area contributed by atoms with Gasteiger partial charge in [0.15, 0.2) is 0 Å². The summed E-state index contributed by atoms with van der Waals surface area (Å²) in [6, 6.07) is 21.2. The average Bonchev–Trinajstić information content (AvgIpc) is 3.29. The number of nitrogens with two attached hydrogens (primary N) is 3. The predicted octanol–water partition coefficient (Wildman–Crippen LogP) is 3.52. The monoisotopic (exact) mass is 901 g/mol. The largest absolute Gasteiger partial charge is 0.492 e. The van der Waals surface area contributed by atoms with Crippen LogP contribution in [-0.2, 0) is 31.0 Å². The minimum absolute atomic E-state index is 0.00119. The summed E-state index contributed by atoms with van der Waals surface area (Å²) in [4.78, 5) is 71.9. The molecule has 4 atom stereocenters. The molecule has 1 aliphatic rings. The number of carbonyl (C=O) groups is 5. The van der Waals surface area contributed by atoms with E-state index in [4.69, 9.17) is 26.7 Å². The fourth-order valence-electron chi connectivity index (χ4n) is 7.78. The van der Waals surface area contributed by atoms with Crippen LogP contribution in [0.5, 0.6) is 11.5 Å². The van der Waals surface area contributed by atoms with Crippen molar-refractivity contribution in [2.75, 3.05) is 46.4 Å². The number of aryl methyl sites for hydroxylation is 1. The second-order valence-corrected chi connectivity index (χ2v) is 17.4. The summed E-state index contributed by atoms with van der Waals surface area (Å²) < 4.78 is 12.2. The number of nitriles is 1. The number of benzene rings is 4. The molecule has 10 N–H and O–H groups in total. The first-order valence-corrected chi connectivity index (χ1v) is 22.2. The Kier molecular flexibility index (Phi) is 17.4. The second kappa shape index (κ2) is 22.9. The molecule has 0 unspecified atom stereocenters. The van der Waals surface area contributed by atoms with E-state index in [-0.39, 0.29) is 57.6 Å². The molecule has 350 valence electrons. The van der Waals surface area contributed by atoms with E-state index in [1.165, 1.54) is 24.4 Å². The van der Waals surface area contributed by atoms with Gasteiger partial charge in [-0.2, -0.15) is 5.26 Å². The SMILES string of the molecule is Cc1cc(-c2ccc(C(C)(C)C)cc2)ccc1C(=O)N[C@@H](CCCN)C(=O)N(C)[C@@H]1C(=O)N[C@@H](C)C(=O)N[C@H](C(=O)NCC#N)Cc2ccc(OCCN)c(c2)-c2cc1ccc2OCCN. The Morgan fingerprint density at radius 1 is 0.848 bits per heavy atom. The topological polar surface area (TPSA) is 257 Å². The van der Waals surface area contributed by atoms with Crippen molar-refractivity contribution in [3.63, 3.8) is 0 Å². The van der Waals surface area contributed by atoms with Crippen LogP contribution in [0.2, 0.25) is 0 Å². The molecule has 16 nitrogen and oxygen atoms in total. The third-order valence-corrected chi connectivity index (χ3v) is 11.4. The summed E-state index contributed by atoms with van der Waals surface area (Å²) in [5.74, 6) is -2.29. The number of nitrogens with one attached hydrogen (secondary N) is 4. The zero-order valence-electron chi connectivity index (χ0n) is 38.7. The van der Waals surface area contributed by atoms with Crippen LogP contribution in [-0.4, -0.2) is 99.0 Å². The molecule has 0 saturated heterocycles. The molecule has 66 heavy (non-hydrogen) atoms. The third-order valence-electron chi connectivity index (χ3n) is 11.4. The van der Waals surface area contributed by atoms with Gasteiger partial charge >= 0.3 is 0 Å². The van der Waals surface area contributed by atoms with Crippen molar-refractivity contribution < 1.29 is 33.4 Å². The molecule has 1 aliphatic heterocycles. The maximum absolute atomic E-state index is 14.8. The van der Waals surface area contributed by atoms with Crippen LogP contribution in [0.4, 0.5) is 0 Å². The van der Waals surface area contributed by atoms with Crippen LogP contribution in [0.1, 0.15) is 79.2 Å². The number of nitrogens with zero attached hydrogens (tertiary/aromatic N) is 2.